The molecule has 1 N–H and O–H groups in total. The van der Waals surface area contributed by atoms with Gasteiger partial charge in [-0.15, -0.1) is 0 Å². The number of carbonyl (C=O) groups is 2. The first kappa shape index (κ1) is 19.6. The maximum absolute atomic E-state index is 13.5. The van der Waals surface area contributed by atoms with Crippen LogP contribution in [-0.2, 0) is 9.59 Å². The average molecular weight is 490 g/mol. The second-order valence-corrected chi connectivity index (χ2v) is 11.7. The van der Waals surface area contributed by atoms with E-state index in [2.05, 4.69) is 45.7 Å². The van der Waals surface area contributed by atoms with Crippen LogP contribution in [0.1, 0.15) is 58.8 Å². The molecule has 0 aliphatic heterocycles. The summed E-state index contributed by atoms with van der Waals surface area (Å²) in [7, 11) is 0. The molecule has 0 amide bonds. The number of rotatable bonds is 2. The SMILES string of the molecule is C[C@]12C[C@H](Br)[C@@H](O)C[C@@H]1CC[C@H]1[C@@H]3CC[C@H](C(=O)CBr)[C@@]3(C)CC(=O)[C@@H]12. The van der Waals surface area contributed by atoms with Gasteiger partial charge < -0.3 is 5.11 Å². The van der Waals surface area contributed by atoms with Gasteiger partial charge in [0, 0.05) is 23.1 Å². The monoisotopic (exact) mass is 488 g/mol. The van der Waals surface area contributed by atoms with Crippen LogP contribution >= 0.6 is 31.9 Å². The van der Waals surface area contributed by atoms with Crippen LogP contribution in [0, 0.1) is 40.4 Å². The van der Waals surface area contributed by atoms with Crippen molar-refractivity contribution in [2.75, 3.05) is 5.33 Å². The lowest BCUT2D eigenvalue weighted by Crippen LogP contribution is -2.59. The van der Waals surface area contributed by atoms with Crippen molar-refractivity contribution in [2.24, 2.45) is 40.4 Å². The summed E-state index contributed by atoms with van der Waals surface area (Å²) in [5, 5.41) is 10.7. The number of aliphatic hydroxyl groups excluding tert-OH is 1. The van der Waals surface area contributed by atoms with Crippen molar-refractivity contribution in [1.82, 2.24) is 0 Å². The molecule has 0 heterocycles. The highest BCUT2D eigenvalue weighted by Gasteiger charge is 2.64. The van der Waals surface area contributed by atoms with Gasteiger partial charge in [0.05, 0.1) is 11.4 Å². The van der Waals surface area contributed by atoms with E-state index in [-0.39, 0.29) is 39.4 Å². The third kappa shape index (κ3) is 2.66. The van der Waals surface area contributed by atoms with Gasteiger partial charge in [-0.1, -0.05) is 45.7 Å². The summed E-state index contributed by atoms with van der Waals surface area (Å²) in [6.45, 7) is 4.53. The lowest BCUT2D eigenvalue weighted by Gasteiger charge is -2.60. The Morgan fingerprint density at radius 2 is 1.92 bits per heavy atom. The minimum absolute atomic E-state index is 0.00769. The molecule has 0 saturated heterocycles. The van der Waals surface area contributed by atoms with Crippen LogP contribution in [0.15, 0.2) is 0 Å². The maximum Gasteiger partial charge on any atom is 0.147 e. The Morgan fingerprint density at radius 3 is 2.62 bits per heavy atom. The predicted octanol–water partition coefficient (Wildman–Crippen LogP) is 4.52. The molecule has 0 aromatic heterocycles. The van der Waals surface area contributed by atoms with Gasteiger partial charge in [-0.3, -0.25) is 9.59 Å². The molecular formula is C21H30Br2O3. The van der Waals surface area contributed by atoms with Crippen LogP contribution in [0.25, 0.3) is 0 Å². The van der Waals surface area contributed by atoms with E-state index in [1.54, 1.807) is 0 Å². The van der Waals surface area contributed by atoms with Crippen molar-refractivity contribution >= 4 is 43.4 Å². The zero-order chi connectivity index (χ0) is 18.9. The molecule has 4 aliphatic rings. The molecule has 5 heteroatoms. The van der Waals surface area contributed by atoms with E-state index >= 15 is 0 Å². The quantitative estimate of drug-likeness (QED) is 0.580. The molecule has 0 aromatic carbocycles. The molecule has 0 bridgehead atoms. The van der Waals surface area contributed by atoms with Crippen molar-refractivity contribution in [1.29, 1.82) is 0 Å². The summed E-state index contributed by atoms with van der Waals surface area (Å²) in [6.07, 6.45) is 6.23. The first-order valence-electron chi connectivity index (χ1n) is 10.2. The summed E-state index contributed by atoms with van der Waals surface area (Å²) in [5.41, 5.74) is -0.152. The van der Waals surface area contributed by atoms with E-state index in [1.807, 2.05) is 0 Å². The zero-order valence-corrected chi connectivity index (χ0v) is 18.9. The Morgan fingerprint density at radius 1 is 1.19 bits per heavy atom. The second-order valence-electron chi connectivity index (χ2n) is 9.93. The third-order valence-corrected chi connectivity index (χ3v) is 10.3. The van der Waals surface area contributed by atoms with Crippen LogP contribution in [0.5, 0.6) is 0 Å². The maximum atomic E-state index is 13.5. The largest absolute Gasteiger partial charge is 0.392 e. The number of ketones is 2. The summed E-state index contributed by atoms with van der Waals surface area (Å²) >= 11 is 7.03. The summed E-state index contributed by atoms with van der Waals surface area (Å²) in [5.74, 6) is 2.20. The molecule has 0 spiro atoms. The highest BCUT2D eigenvalue weighted by molar-refractivity contribution is 9.09. The van der Waals surface area contributed by atoms with E-state index in [1.165, 1.54) is 0 Å². The highest BCUT2D eigenvalue weighted by Crippen LogP contribution is 2.66. The van der Waals surface area contributed by atoms with Gasteiger partial charge in [-0.2, -0.15) is 0 Å². The van der Waals surface area contributed by atoms with Gasteiger partial charge in [-0.05, 0) is 67.1 Å². The van der Waals surface area contributed by atoms with Crippen molar-refractivity contribution < 1.29 is 14.7 Å². The fourth-order valence-electron chi connectivity index (χ4n) is 7.68. The molecule has 0 unspecified atom stereocenters. The Hall–Kier alpha value is 0.260. The fourth-order valence-corrected chi connectivity index (χ4v) is 8.98. The number of aliphatic hydroxyl groups is 1. The molecular weight excluding hydrogens is 460 g/mol. The molecule has 4 fully saturated rings. The molecule has 0 radical (unpaired) electrons. The van der Waals surface area contributed by atoms with E-state index in [4.69, 9.17) is 0 Å². The van der Waals surface area contributed by atoms with E-state index in [9.17, 15) is 14.7 Å². The number of carbonyl (C=O) groups excluding carboxylic acids is 2. The Labute approximate surface area is 173 Å². The van der Waals surface area contributed by atoms with Crippen molar-refractivity contribution in [3.63, 3.8) is 0 Å². The fraction of sp³-hybridized carbons (Fsp3) is 0.905. The summed E-state index contributed by atoms with van der Waals surface area (Å²) < 4.78 is 0. The minimum atomic E-state index is -0.291. The van der Waals surface area contributed by atoms with E-state index < -0.39 is 0 Å². The molecule has 0 aromatic rings. The van der Waals surface area contributed by atoms with E-state index in [0.29, 0.717) is 35.3 Å². The number of hydrogen-bond acceptors (Lipinski definition) is 3. The first-order chi connectivity index (χ1) is 12.2. The number of halogens is 2. The number of fused-ring (bicyclic) bond motifs is 5. The summed E-state index contributed by atoms with van der Waals surface area (Å²) in [4.78, 5) is 26.1. The molecule has 26 heavy (non-hydrogen) atoms. The van der Waals surface area contributed by atoms with Gasteiger partial charge in [0.25, 0.3) is 0 Å². The van der Waals surface area contributed by atoms with Crippen LogP contribution in [0.2, 0.25) is 0 Å². The topological polar surface area (TPSA) is 54.4 Å². The van der Waals surface area contributed by atoms with Crippen molar-refractivity contribution in [2.45, 2.75) is 69.7 Å². The van der Waals surface area contributed by atoms with Gasteiger partial charge >= 0.3 is 0 Å². The average Bonchev–Trinajstić information content (AvgIpc) is 2.91. The van der Waals surface area contributed by atoms with Crippen LogP contribution < -0.4 is 0 Å². The third-order valence-electron chi connectivity index (χ3n) is 8.85. The van der Waals surface area contributed by atoms with E-state index in [0.717, 1.165) is 38.5 Å². The van der Waals surface area contributed by atoms with Crippen LogP contribution in [0.3, 0.4) is 0 Å². The minimum Gasteiger partial charge on any atom is -0.392 e. The zero-order valence-electron chi connectivity index (χ0n) is 15.7. The Kier molecular flexibility index (Phi) is 5.01. The van der Waals surface area contributed by atoms with Crippen LogP contribution in [-0.4, -0.2) is 32.9 Å². The summed E-state index contributed by atoms with van der Waals surface area (Å²) in [6, 6.07) is 0. The normalized spacial score (nSPS) is 53.6. The molecule has 4 saturated carbocycles. The predicted molar refractivity (Wildman–Crippen MR) is 109 cm³/mol. The molecule has 9 atom stereocenters. The Balaban J connectivity index is 1.67. The van der Waals surface area contributed by atoms with Crippen LogP contribution in [0.4, 0.5) is 0 Å². The standard InChI is InChI=1S/C21H30Br2O3/c1-20-8-15(23)16(24)7-11(20)3-4-12-13-5-6-14(18(26)10-22)21(13,2)9-17(25)19(12)20/h11-16,19,24H,3-10H2,1-2H3/t11-,12-,13-,14+,15-,16-,19+,20-,21-/m0/s1. The molecule has 4 rings (SSSR count). The molecule has 146 valence electrons. The molecule has 4 aliphatic carbocycles. The van der Waals surface area contributed by atoms with Crippen molar-refractivity contribution in [3.05, 3.63) is 0 Å². The second kappa shape index (κ2) is 6.66. The van der Waals surface area contributed by atoms with Gasteiger partial charge in [0.1, 0.15) is 11.6 Å². The number of hydrogen-bond donors (Lipinski definition) is 1. The van der Waals surface area contributed by atoms with Gasteiger partial charge in [0.15, 0.2) is 0 Å². The van der Waals surface area contributed by atoms with Crippen molar-refractivity contribution in [3.8, 4) is 0 Å². The highest BCUT2D eigenvalue weighted by atomic mass is 79.9. The smallest absolute Gasteiger partial charge is 0.147 e. The number of Topliss-reactive ketones (excluding diaryl/α,β-unsaturated/α-hetero) is 2. The lowest BCUT2D eigenvalue weighted by atomic mass is 9.44. The van der Waals surface area contributed by atoms with Gasteiger partial charge in [0.2, 0.25) is 0 Å². The lowest BCUT2D eigenvalue weighted by molar-refractivity contribution is -0.161. The Bertz CT molecular complexity index is 622. The number of alkyl halides is 2. The van der Waals surface area contributed by atoms with Gasteiger partial charge in [-0.25, -0.2) is 0 Å². The first-order valence-corrected chi connectivity index (χ1v) is 12.2. The molecule has 3 nitrogen and oxygen atoms in total.